The minimum atomic E-state index is 0.0190. The highest BCUT2D eigenvalue weighted by atomic mass is 16.5. The van der Waals surface area contributed by atoms with Crippen LogP contribution in [-0.2, 0) is 11.3 Å². The van der Waals surface area contributed by atoms with Crippen LogP contribution in [-0.4, -0.2) is 43.3 Å². The number of hydrogen-bond acceptors (Lipinski definition) is 3. The average Bonchev–Trinajstić information content (AvgIpc) is 2.92. The molecule has 1 aliphatic heterocycles. The van der Waals surface area contributed by atoms with E-state index in [1.807, 2.05) is 0 Å². The Morgan fingerprint density at radius 3 is 2.52 bits per heavy atom. The van der Waals surface area contributed by atoms with E-state index in [2.05, 4.69) is 66.7 Å². The molecule has 1 aliphatic rings. The van der Waals surface area contributed by atoms with Gasteiger partial charge < -0.3 is 19.5 Å². The third kappa shape index (κ3) is 4.03. The van der Waals surface area contributed by atoms with Crippen LogP contribution in [0.15, 0.2) is 24.3 Å². The van der Waals surface area contributed by atoms with Crippen molar-refractivity contribution in [2.45, 2.75) is 40.7 Å². The Labute approximate surface area is 162 Å². The molecule has 1 aromatic heterocycles. The SMILES string of the molecule is CCCNC(=O)c1c(C)c(N2CCOCC2)c(C)n1Cc1ccccc1C. The van der Waals surface area contributed by atoms with Crippen molar-refractivity contribution in [1.82, 2.24) is 9.88 Å². The number of morpholine rings is 1. The fourth-order valence-corrected chi connectivity index (χ4v) is 3.91. The number of benzene rings is 1. The zero-order chi connectivity index (χ0) is 19.4. The summed E-state index contributed by atoms with van der Waals surface area (Å²) in [4.78, 5) is 15.4. The minimum Gasteiger partial charge on any atom is -0.378 e. The van der Waals surface area contributed by atoms with Crippen molar-refractivity contribution in [1.29, 1.82) is 0 Å². The Balaban J connectivity index is 2.05. The van der Waals surface area contributed by atoms with Gasteiger partial charge in [-0.15, -0.1) is 0 Å². The van der Waals surface area contributed by atoms with E-state index in [1.54, 1.807) is 0 Å². The molecule has 1 amide bonds. The molecule has 0 aliphatic carbocycles. The predicted molar refractivity (Wildman–Crippen MR) is 110 cm³/mol. The monoisotopic (exact) mass is 369 g/mol. The fourth-order valence-electron chi connectivity index (χ4n) is 3.91. The Hall–Kier alpha value is -2.27. The quantitative estimate of drug-likeness (QED) is 0.848. The highest BCUT2D eigenvalue weighted by Crippen LogP contribution is 2.32. The molecular weight excluding hydrogens is 338 g/mol. The number of nitrogens with one attached hydrogen (secondary N) is 1. The van der Waals surface area contributed by atoms with Crippen molar-refractivity contribution < 1.29 is 9.53 Å². The van der Waals surface area contributed by atoms with E-state index < -0.39 is 0 Å². The van der Waals surface area contributed by atoms with E-state index in [9.17, 15) is 4.79 Å². The van der Waals surface area contributed by atoms with Crippen molar-refractivity contribution >= 4 is 11.6 Å². The average molecular weight is 370 g/mol. The van der Waals surface area contributed by atoms with Gasteiger partial charge in [-0.2, -0.15) is 0 Å². The molecule has 146 valence electrons. The highest BCUT2D eigenvalue weighted by Gasteiger charge is 2.26. The lowest BCUT2D eigenvalue weighted by molar-refractivity contribution is 0.0944. The Morgan fingerprint density at radius 1 is 1.15 bits per heavy atom. The molecule has 0 spiro atoms. The van der Waals surface area contributed by atoms with Gasteiger partial charge in [-0.3, -0.25) is 4.79 Å². The highest BCUT2D eigenvalue weighted by molar-refractivity contribution is 5.96. The normalized spacial score (nSPS) is 14.4. The molecule has 0 unspecified atom stereocenters. The fraction of sp³-hybridized carbons (Fsp3) is 0.500. The molecule has 5 nitrogen and oxygen atoms in total. The lowest BCUT2D eigenvalue weighted by Crippen LogP contribution is -2.36. The van der Waals surface area contributed by atoms with Gasteiger partial charge in [0.15, 0.2) is 0 Å². The summed E-state index contributed by atoms with van der Waals surface area (Å²) >= 11 is 0. The van der Waals surface area contributed by atoms with Gasteiger partial charge in [0.2, 0.25) is 0 Å². The number of carbonyl (C=O) groups excluding carboxylic acids is 1. The van der Waals surface area contributed by atoms with Gasteiger partial charge >= 0.3 is 0 Å². The predicted octanol–water partition coefficient (Wildman–Crippen LogP) is 3.44. The molecule has 0 radical (unpaired) electrons. The zero-order valence-electron chi connectivity index (χ0n) is 17.0. The molecule has 1 saturated heterocycles. The van der Waals surface area contributed by atoms with Gasteiger partial charge in [0.05, 0.1) is 18.9 Å². The van der Waals surface area contributed by atoms with Crippen LogP contribution in [0.25, 0.3) is 0 Å². The Bertz CT molecular complexity index is 804. The van der Waals surface area contributed by atoms with Gasteiger partial charge in [-0.25, -0.2) is 0 Å². The molecule has 2 aromatic rings. The van der Waals surface area contributed by atoms with Gasteiger partial charge in [-0.1, -0.05) is 31.2 Å². The van der Waals surface area contributed by atoms with Crippen LogP contribution in [0, 0.1) is 20.8 Å². The van der Waals surface area contributed by atoms with Crippen LogP contribution in [0.1, 0.15) is 46.2 Å². The van der Waals surface area contributed by atoms with Crippen molar-refractivity contribution in [3.8, 4) is 0 Å². The molecule has 5 heteroatoms. The second-order valence-corrected chi connectivity index (χ2v) is 7.28. The lowest BCUT2D eigenvalue weighted by Gasteiger charge is -2.29. The van der Waals surface area contributed by atoms with Crippen LogP contribution in [0.2, 0.25) is 0 Å². The topological polar surface area (TPSA) is 46.5 Å². The maximum Gasteiger partial charge on any atom is 0.268 e. The van der Waals surface area contributed by atoms with Crippen LogP contribution in [0.3, 0.4) is 0 Å². The van der Waals surface area contributed by atoms with E-state index in [0.717, 1.165) is 49.7 Å². The second-order valence-electron chi connectivity index (χ2n) is 7.28. The molecule has 0 atom stereocenters. The molecular formula is C22H31N3O2. The van der Waals surface area contributed by atoms with Crippen LogP contribution in [0.5, 0.6) is 0 Å². The number of aryl methyl sites for hydroxylation is 1. The number of hydrogen-bond donors (Lipinski definition) is 1. The van der Waals surface area contributed by atoms with E-state index in [4.69, 9.17) is 4.74 Å². The molecule has 27 heavy (non-hydrogen) atoms. The Morgan fingerprint density at radius 2 is 1.85 bits per heavy atom. The van der Waals surface area contributed by atoms with Crippen LogP contribution < -0.4 is 10.2 Å². The van der Waals surface area contributed by atoms with Gasteiger partial charge in [0.25, 0.3) is 5.91 Å². The summed E-state index contributed by atoms with van der Waals surface area (Å²) in [6, 6.07) is 8.39. The maximum atomic E-state index is 13.0. The number of rotatable bonds is 6. The summed E-state index contributed by atoms with van der Waals surface area (Å²) in [5.41, 5.74) is 6.68. The summed E-state index contributed by atoms with van der Waals surface area (Å²) in [7, 11) is 0. The van der Waals surface area contributed by atoms with E-state index in [-0.39, 0.29) is 5.91 Å². The molecule has 1 fully saturated rings. The summed E-state index contributed by atoms with van der Waals surface area (Å²) < 4.78 is 7.71. The summed E-state index contributed by atoms with van der Waals surface area (Å²) in [6.07, 6.45) is 0.929. The number of amides is 1. The maximum absolute atomic E-state index is 13.0. The molecule has 2 heterocycles. The third-order valence-corrected chi connectivity index (χ3v) is 5.40. The molecule has 1 aromatic carbocycles. The molecule has 1 N–H and O–H groups in total. The van der Waals surface area contributed by atoms with Gasteiger partial charge in [0, 0.05) is 37.4 Å². The number of ether oxygens (including phenoxy) is 1. The van der Waals surface area contributed by atoms with Crippen LogP contribution >= 0.6 is 0 Å². The second kappa shape index (κ2) is 8.61. The first-order valence-corrected chi connectivity index (χ1v) is 9.89. The van der Waals surface area contributed by atoms with Gasteiger partial charge in [0.1, 0.15) is 5.69 Å². The van der Waals surface area contributed by atoms with Crippen molar-refractivity contribution in [3.05, 3.63) is 52.3 Å². The zero-order valence-corrected chi connectivity index (χ0v) is 17.0. The molecule has 0 bridgehead atoms. The first kappa shape index (κ1) is 19.5. The number of aromatic nitrogens is 1. The Kier molecular flexibility index (Phi) is 6.22. The molecule has 0 saturated carbocycles. The molecule has 3 rings (SSSR count). The summed E-state index contributed by atoms with van der Waals surface area (Å²) in [5.74, 6) is 0.0190. The summed E-state index contributed by atoms with van der Waals surface area (Å²) in [5, 5.41) is 3.07. The first-order valence-electron chi connectivity index (χ1n) is 9.89. The summed E-state index contributed by atoms with van der Waals surface area (Å²) in [6.45, 7) is 13.0. The number of anilines is 1. The number of carbonyl (C=O) groups is 1. The standard InChI is InChI=1S/C22H31N3O2/c1-5-10-23-22(26)21-17(3)20(24-11-13-27-14-12-24)18(4)25(21)15-19-9-7-6-8-16(19)2/h6-9H,5,10-15H2,1-4H3,(H,23,26). The van der Waals surface area contributed by atoms with Crippen molar-refractivity contribution in [2.75, 3.05) is 37.7 Å². The van der Waals surface area contributed by atoms with Gasteiger partial charge in [-0.05, 0) is 38.3 Å². The smallest absolute Gasteiger partial charge is 0.268 e. The van der Waals surface area contributed by atoms with E-state index in [0.29, 0.717) is 13.1 Å². The van der Waals surface area contributed by atoms with E-state index in [1.165, 1.54) is 16.8 Å². The van der Waals surface area contributed by atoms with Crippen molar-refractivity contribution in [2.24, 2.45) is 0 Å². The van der Waals surface area contributed by atoms with Crippen molar-refractivity contribution in [3.63, 3.8) is 0 Å². The third-order valence-electron chi connectivity index (χ3n) is 5.40. The van der Waals surface area contributed by atoms with E-state index >= 15 is 0 Å². The largest absolute Gasteiger partial charge is 0.378 e. The lowest BCUT2D eigenvalue weighted by atomic mass is 10.1. The first-order chi connectivity index (χ1) is 13.0. The number of nitrogens with zero attached hydrogens (tertiary/aromatic N) is 2. The minimum absolute atomic E-state index is 0.0190. The van der Waals surface area contributed by atoms with Crippen LogP contribution in [0.4, 0.5) is 5.69 Å².